The lowest BCUT2D eigenvalue weighted by Gasteiger charge is -2.44. The fraction of sp³-hybridized carbons (Fsp3) is 0.143. The van der Waals surface area contributed by atoms with Gasteiger partial charge in [0.25, 0.3) is 0 Å². The van der Waals surface area contributed by atoms with E-state index in [1.54, 1.807) is 13.8 Å². The molecular formula is C28H14AlBF15O-. The minimum absolute atomic E-state index is 0.166. The van der Waals surface area contributed by atoms with Gasteiger partial charge in [0, 0.05) is 0 Å². The number of halogens is 15. The standard InChI is InChI=1S/C24H5BF15O.2C2H5.Al/c26-10-7(11(27)17(33)22(38)16(10)32)25(5-1-3-6(41)4-2-5,8-12(28)18(34)23(39)19(35)13(8)29)9-14(30)20(36)24(40)21(37)15(9)31;2*1-2;/h1-4,41H;2*1H2,2H3;/q-1;;;+1/p-1. The summed E-state index contributed by atoms with van der Waals surface area (Å²) in [5.74, 6) is -45.8. The highest BCUT2D eigenvalue weighted by Crippen LogP contribution is 2.28. The van der Waals surface area contributed by atoms with E-state index in [1.165, 1.54) is 0 Å². The average molecular weight is 689 g/mol. The van der Waals surface area contributed by atoms with Crippen molar-refractivity contribution in [1.29, 1.82) is 0 Å². The Morgan fingerprint density at radius 3 is 0.891 bits per heavy atom. The predicted molar refractivity (Wildman–Crippen MR) is 137 cm³/mol. The van der Waals surface area contributed by atoms with Crippen LogP contribution in [0.2, 0.25) is 10.6 Å². The molecule has 0 aromatic heterocycles. The molecule has 0 saturated heterocycles. The molecule has 0 fully saturated rings. The maximum absolute atomic E-state index is 15.6. The first-order valence-corrected chi connectivity index (χ1v) is 15.1. The minimum atomic E-state index is -5.81. The van der Waals surface area contributed by atoms with Crippen molar-refractivity contribution in [3.05, 3.63) is 112 Å². The Morgan fingerprint density at radius 2 is 0.652 bits per heavy atom. The van der Waals surface area contributed by atoms with E-state index in [-0.39, 0.29) is 5.75 Å². The quantitative estimate of drug-likeness (QED) is 0.0883. The zero-order valence-electron chi connectivity index (χ0n) is 23.0. The molecule has 0 saturated carbocycles. The molecule has 0 aliphatic heterocycles. The van der Waals surface area contributed by atoms with Crippen LogP contribution in [0, 0.1) is 87.3 Å². The summed E-state index contributed by atoms with van der Waals surface area (Å²) in [4.78, 5) is 0. The van der Waals surface area contributed by atoms with Gasteiger partial charge in [-0.25, -0.2) is 65.9 Å². The highest BCUT2D eigenvalue weighted by molar-refractivity contribution is 7.20. The Morgan fingerprint density at radius 1 is 0.413 bits per heavy atom. The molecule has 1 nitrogen and oxygen atoms in total. The molecule has 0 bridgehead atoms. The monoisotopic (exact) mass is 689 g/mol. The van der Waals surface area contributed by atoms with E-state index in [4.69, 9.17) is 3.79 Å². The fourth-order valence-electron chi connectivity index (χ4n) is 5.42. The average Bonchev–Trinajstić information content (AvgIpc) is 3.05. The molecule has 4 aromatic rings. The van der Waals surface area contributed by atoms with Crippen molar-refractivity contribution < 1.29 is 69.6 Å². The SMILES string of the molecule is C[CH2][Al]([CH2]C)[O]c1ccc([B-](c2c(F)c(F)c(F)c(F)c2F)(c2c(F)c(F)c(F)c(F)c2F)c2c(F)c(F)c(F)c(F)c2F)cc1. The molecule has 0 aliphatic carbocycles. The van der Waals surface area contributed by atoms with Crippen LogP contribution in [-0.4, -0.2) is 20.6 Å². The van der Waals surface area contributed by atoms with Gasteiger partial charge in [-0.15, -0.1) is 16.4 Å². The summed E-state index contributed by atoms with van der Waals surface area (Å²) in [6.45, 7) is 3.44. The first kappa shape index (κ1) is 35.1. The molecule has 0 heterocycles. The zero-order valence-corrected chi connectivity index (χ0v) is 24.1. The molecule has 0 radical (unpaired) electrons. The van der Waals surface area contributed by atoms with E-state index >= 15 is 26.3 Å². The Balaban J connectivity index is 2.43. The van der Waals surface area contributed by atoms with Gasteiger partial charge in [0.1, 0.15) is 41.0 Å². The zero-order chi connectivity index (χ0) is 34.6. The van der Waals surface area contributed by atoms with E-state index in [2.05, 4.69) is 0 Å². The van der Waals surface area contributed by atoms with Crippen LogP contribution < -0.4 is 25.6 Å². The maximum atomic E-state index is 15.6. The molecule has 0 amide bonds. The fourth-order valence-corrected chi connectivity index (χ4v) is 6.87. The van der Waals surface area contributed by atoms with Gasteiger partial charge in [0.2, 0.25) is 0 Å². The number of benzene rings is 4. The Bertz CT molecular complexity index is 1610. The molecule has 0 atom stereocenters. The second-order valence-corrected chi connectivity index (χ2v) is 13.1. The molecule has 46 heavy (non-hydrogen) atoms. The highest BCUT2D eigenvalue weighted by atomic mass is 27.2. The topological polar surface area (TPSA) is 9.23 Å². The van der Waals surface area contributed by atoms with Crippen LogP contribution >= 0.6 is 0 Å². The second-order valence-electron chi connectivity index (χ2n) is 9.94. The van der Waals surface area contributed by atoms with Crippen molar-refractivity contribution >= 4 is 42.5 Å². The molecule has 0 spiro atoms. The van der Waals surface area contributed by atoms with Crippen LogP contribution in [0.1, 0.15) is 13.8 Å². The summed E-state index contributed by atoms with van der Waals surface area (Å²) in [5.41, 5.74) is -9.49. The van der Waals surface area contributed by atoms with E-state index in [0.717, 1.165) is 12.1 Å². The van der Waals surface area contributed by atoms with Gasteiger partial charge in [0.05, 0.1) is 5.75 Å². The largest absolute Gasteiger partial charge is 0.643 e. The molecule has 0 aliphatic rings. The highest BCUT2D eigenvalue weighted by Gasteiger charge is 2.49. The molecular weight excluding hydrogens is 675 g/mol. The molecule has 244 valence electrons. The Labute approximate surface area is 253 Å². The maximum Gasteiger partial charge on any atom is 0.546 e. The minimum Gasteiger partial charge on any atom is -0.643 e. The summed E-state index contributed by atoms with van der Waals surface area (Å²) >= 11 is -2.04. The van der Waals surface area contributed by atoms with Crippen LogP contribution in [0.3, 0.4) is 0 Å². The van der Waals surface area contributed by atoms with E-state index in [0.29, 0.717) is 22.7 Å². The van der Waals surface area contributed by atoms with Crippen molar-refractivity contribution in [2.45, 2.75) is 24.4 Å². The lowest BCUT2D eigenvalue weighted by molar-refractivity contribution is 0.380. The number of rotatable bonds is 8. The van der Waals surface area contributed by atoms with Gasteiger partial charge >= 0.3 is 14.5 Å². The summed E-state index contributed by atoms with van der Waals surface area (Å²) in [6, 6.07) is 2.36. The summed E-state index contributed by atoms with van der Waals surface area (Å²) in [6.07, 6.45) is -5.81. The first-order chi connectivity index (χ1) is 21.5. The van der Waals surface area contributed by atoms with Gasteiger partial charge in [-0.3, -0.25) is 0 Å². The van der Waals surface area contributed by atoms with E-state index in [9.17, 15) is 39.5 Å². The summed E-state index contributed by atoms with van der Waals surface area (Å²) in [5, 5.41) is 0.984. The van der Waals surface area contributed by atoms with Crippen LogP contribution in [0.4, 0.5) is 65.9 Å². The Hall–Kier alpha value is -3.77. The van der Waals surface area contributed by atoms with Crippen LogP contribution in [0.5, 0.6) is 5.75 Å². The summed E-state index contributed by atoms with van der Waals surface area (Å²) < 4.78 is 230. The van der Waals surface area contributed by atoms with Gasteiger partial charge in [0.15, 0.2) is 52.4 Å². The lowest BCUT2D eigenvalue weighted by Crippen LogP contribution is -2.79. The third-order valence-corrected chi connectivity index (χ3v) is 10.1. The van der Waals surface area contributed by atoms with Crippen LogP contribution in [-0.2, 0) is 0 Å². The number of hydrogen-bond acceptors (Lipinski definition) is 1. The Kier molecular flexibility index (Phi) is 9.76. The third-order valence-electron chi connectivity index (χ3n) is 7.62. The van der Waals surface area contributed by atoms with Crippen molar-refractivity contribution in [3.8, 4) is 5.75 Å². The van der Waals surface area contributed by atoms with Crippen LogP contribution in [0.15, 0.2) is 24.3 Å². The normalized spacial score (nSPS) is 11.8. The molecule has 0 N–H and O–H groups in total. The molecule has 0 unspecified atom stereocenters. The second kappa shape index (κ2) is 12.8. The van der Waals surface area contributed by atoms with Crippen molar-refractivity contribution in [2.75, 3.05) is 0 Å². The van der Waals surface area contributed by atoms with Crippen LogP contribution in [0.25, 0.3) is 0 Å². The van der Waals surface area contributed by atoms with Crippen molar-refractivity contribution in [1.82, 2.24) is 0 Å². The van der Waals surface area contributed by atoms with Gasteiger partial charge in [-0.1, -0.05) is 36.5 Å². The lowest BCUT2D eigenvalue weighted by atomic mass is 9.12. The van der Waals surface area contributed by atoms with E-state index in [1.807, 2.05) is 0 Å². The smallest absolute Gasteiger partial charge is 0.546 e. The molecule has 4 rings (SSSR count). The molecule has 4 aromatic carbocycles. The first-order valence-electron chi connectivity index (χ1n) is 13.0. The third kappa shape index (κ3) is 5.09. The predicted octanol–water partition coefficient (Wildman–Crippen LogP) is 6.56. The number of hydrogen-bond donors (Lipinski definition) is 0. The molecule has 18 heteroatoms. The van der Waals surface area contributed by atoms with Crippen molar-refractivity contribution in [2.24, 2.45) is 0 Å². The van der Waals surface area contributed by atoms with Gasteiger partial charge in [-0.2, -0.15) is 5.46 Å². The van der Waals surface area contributed by atoms with Crippen molar-refractivity contribution in [3.63, 3.8) is 0 Å². The van der Waals surface area contributed by atoms with E-state index < -0.39 is 130 Å². The van der Waals surface area contributed by atoms with Gasteiger partial charge in [-0.05, 0) is 12.1 Å². The van der Waals surface area contributed by atoms with Gasteiger partial charge < -0.3 is 3.79 Å². The summed E-state index contributed by atoms with van der Waals surface area (Å²) in [7, 11) is 0.